The zero-order valence-corrected chi connectivity index (χ0v) is 9.71. The average Bonchev–Trinajstić information content (AvgIpc) is 2.47. The number of hydrogen-bond donors (Lipinski definition) is 2. The van der Waals surface area contributed by atoms with Crippen LogP contribution in [-0.2, 0) is 9.84 Å². The van der Waals surface area contributed by atoms with E-state index in [-0.39, 0.29) is 10.6 Å². The summed E-state index contributed by atoms with van der Waals surface area (Å²) in [5, 5.41) is 12.3. The van der Waals surface area contributed by atoms with Crippen LogP contribution in [0.5, 0.6) is 5.75 Å². The molecule has 0 aliphatic carbocycles. The number of phenolic OH excluding ortho intramolecular Hbond substituents is 1. The van der Waals surface area contributed by atoms with E-state index in [4.69, 9.17) is 0 Å². The molecule has 4 nitrogen and oxygen atoms in total. The molecular formula is C11H13NO3S. The average molecular weight is 239 g/mol. The highest BCUT2D eigenvalue weighted by molar-refractivity contribution is 7.95. The molecule has 0 aromatic heterocycles. The van der Waals surface area contributed by atoms with E-state index in [2.05, 4.69) is 5.32 Å². The molecule has 0 fully saturated rings. The Kier molecular flexibility index (Phi) is 2.73. The monoisotopic (exact) mass is 239 g/mol. The van der Waals surface area contributed by atoms with Gasteiger partial charge in [-0.2, -0.15) is 0 Å². The van der Waals surface area contributed by atoms with Gasteiger partial charge in [-0.05, 0) is 36.4 Å². The number of rotatable bonds is 3. The fraction of sp³-hybridized carbons (Fsp3) is 0.273. The SMILES string of the molecule is CCNCC1=Cc2cc(O)ccc2S1(=O)=O. The largest absolute Gasteiger partial charge is 0.508 e. The summed E-state index contributed by atoms with van der Waals surface area (Å²) in [7, 11) is -3.35. The molecule has 16 heavy (non-hydrogen) atoms. The normalized spacial score (nSPS) is 16.9. The first-order valence-electron chi connectivity index (χ1n) is 5.05. The third-order valence-corrected chi connectivity index (χ3v) is 4.40. The van der Waals surface area contributed by atoms with E-state index in [1.165, 1.54) is 18.2 Å². The van der Waals surface area contributed by atoms with Gasteiger partial charge in [-0.3, -0.25) is 0 Å². The van der Waals surface area contributed by atoms with Crippen molar-refractivity contribution in [3.8, 4) is 5.75 Å². The van der Waals surface area contributed by atoms with Crippen molar-refractivity contribution in [3.63, 3.8) is 0 Å². The second-order valence-corrected chi connectivity index (χ2v) is 5.59. The van der Waals surface area contributed by atoms with Crippen LogP contribution in [0, 0.1) is 0 Å². The fourth-order valence-corrected chi connectivity index (χ4v) is 3.21. The van der Waals surface area contributed by atoms with E-state index in [0.717, 1.165) is 0 Å². The highest BCUT2D eigenvalue weighted by Crippen LogP contribution is 2.34. The van der Waals surface area contributed by atoms with Crippen molar-refractivity contribution in [2.75, 3.05) is 13.1 Å². The van der Waals surface area contributed by atoms with E-state index in [9.17, 15) is 13.5 Å². The van der Waals surface area contributed by atoms with Crippen LogP contribution >= 0.6 is 0 Å². The van der Waals surface area contributed by atoms with E-state index < -0.39 is 9.84 Å². The maximum absolute atomic E-state index is 12.0. The number of aromatic hydroxyl groups is 1. The molecule has 2 N–H and O–H groups in total. The quantitative estimate of drug-likeness (QED) is 0.829. The minimum absolute atomic E-state index is 0.0786. The summed E-state index contributed by atoms with van der Waals surface area (Å²) < 4.78 is 24.0. The highest BCUT2D eigenvalue weighted by Gasteiger charge is 2.28. The number of sulfone groups is 1. The number of fused-ring (bicyclic) bond motifs is 1. The summed E-state index contributed by atoms with van der Waals surface area (Å²) in [6.45, 7) is 2.96. The van der Waals surface area contributed by atoms with Gasteiger partial charge in [0.25, 0.3) is 0 Å². The molecule has 0 amide bonds. The smallest absolute Gasteiger partial charge is 0.204 e. The van der Waals surface area contributed by atoms with Gasteiger partial charge >= 0.3 is 0 Å². The van der Waals surface area contributed by atoms with Gasteiger partial charge in [0, 0.05) is 6.54 Å². The molecule has 0 atom stereocenters. The van der Waals surface area contributed by atoms with Crippen LogP contribution in [0.25, 0.3) is 6.08 Å². The van der Waals surface area contributed by atoms with E-state index in [1.807, 2.05) is 6.92 Å². The predicted molar refractivity (Wildman–Crippen MR) is 61.8 cm³/mol. The van der Waals surface area contributed by atoms with Crippen LogP contribution in [0.15, 0.2) is 28.0 Å². The van der Waals surface area contributed by atoms with Crippen molar-refractivity contribution in [2.24, 2.45) is 0 Å². The Morgan fingerprint density at radius 3 is 2.81 bits per heavy atom. The molecule has 5 heteroatoms. The Morgan fingerprint density at radius 2 is 2.12 bits per heavy atom. The lowest BCUT2D eigenvalue weighted by Gasteiger charge is -2.03. The Labute approximate surface area is 94.5 Å². The Balaban J connectivity index is 2.44. The Bertz CT molecular complexity index is 546. The van der Waals surface area contributed by atoms with Gasteiger partial charge in [0.15, 0.2) is 0 Å². The van der Waals surface area contributed by atoms with Crippen LogP contribution in [0.2, 0.25) is 0 Å². The van der Waals surface area contributed by atoms with Gasteiger partial charge in [-0.1, -0.05) is 6.92 Å². The lowest BCUT2D eigenvalue weighted by molar-refractivity contribution is 0.474. The summed E-state index contributed by atoms with van der Waals surface area (Å²) >= 11 is 0. The Hall–Kier alpha value is -1.33. The maximum Gasteiger partial charge on any atom is 0.204 e. The molecular weight excluding hydrogens is 226 g/mol. The molecule has 1 aliphatic rings. The summed E-state index contributed by atoms with van der Waals surface area (Å²) in [5.74, 6) is 0.0786. The highest BCUT2D eigenvalue weighted by atomic mass is 32.2. The summed E-state index contributed by atoms with van der Waals surface area (Å²) in [6.07, 6.45) is 1.60. The third kappa shape index (κ3) is 1.72. The standard InChI is InChI=1S/C11H13NO3S/c1-2-12-7-10-6-8-5-9(13)3-4-11(8)16(10,14)15/h3-6,12-13H,2,7H2,1H3. The molecule has 0 spiro atoms. The molecule has 1 aliphatic heterocycles. The zero-order valence-electron chi connectivity index (χ0n) is 8.90. The van der Waals surface area contributed by atoms with Crippen LogP contribution in [0.1, 0.15) is 12.5 Å². The number of hydrogen-bond acceptors (Lipinski definition) is 4. The maximum atomic E-state index is 12.0. The fourth-order valence-electron chi connectivity index (χ4n) is 1.68. The molecule has 2 rings (SSSR count). The van der Waals surface area contributed by atoms with Gasteiger partial charge in [-0.15, -0.1) is 0 Å². The number of nitrogens with one attached hydrogen (secondary N) is 1. The molecule has 1 aromatic carbocycles. The Morgan fingerprint density at radius 1 is 1.38 bits per heavy atom. The lowest BCUT2D eigenvalue weighted by Crippen LogP contribution is -2.19. The van der Waals surface area contributed by atoms with Gasteiger partial charge in [0.05, 0.1) is 9.80 Å². The van der Waals surface area contributed by atoms with Gasteiger partial charge < -0.3 is 10.4 Å². The van der Waals surface area contributed by atoms with Crippen LogP contribution < -0.4 is 5.32 Å². The second-order valence-electron chi connectivity index (χ2n) is 3.62. The van der Waals surface area contributed by atoms with Gasteiger partial charge in [0.2, 0.25) is 9.84 Å². The molecule has 0 saturated heterocycles. The number of likely N-dealkylation sites (N-methyl/N-ethyl adjacent to an activating group) is 1. The van der Waals surface area contributed by atoms with Crippen molar-refractivity contribution in [2.45, 2.75) is 11.8 Å². The van der Waals surface area contributed by atoms with E-state index >= 15 is 0 Å². The van der Waals surface area contributed by atoms with Crippen molar-refractivity contribution >= 4 is 15.9 Å². The van der Waals surface area contributed by atoms with E-state index in [1.54, 1.807) is 6.08 Å². The molecule has 1 aromatic rings. The van der Waals surface area contributed by atoms with Crippen LogP contribution in [0.3, 0.4) is 0 Å². The van der Waals surface area contributed by atoms with E-state index in [0.29, 0.717) is 23.6 Å². The summed E-state index contributed by atoms with van der Waals surface area (Å²) in [6, 6.07) is 4.29. The molecule has 0 unspecified atom stereocenters. The summed E-state index contributed by atoms with van der Waals surface area (Å²) in [4.78, 5) is 0.633. The van der Waals surface area contributed by atoms with Gasteiger partial charge in [0.1, 0.15) is 5.75 Å². The first-order chi connectivity index (χ1) is 7.55. The van der Waals surface area contributed by atoms with Crippen molar-refractivity contribution in [1.29, 1.82) is 0 Å². The predicted octanol–water partition coefficient (Wildman–Crippen LogP) is 1.13. The summed E-state index contributed by atoms with van der Waals surface area (Å²) in [5.41, 5.74) is 0.563. The first kappa shape index (κ1) is 11.2. The molecule has 0 saturated carbocycles. The number of benzene rings is 1. The van der Waals surface area contributed by atoms with Crippen LogP contribution in [-0.4, -0.2) is 26.6 Å². The molecule has 0 bridgehead atoms. The molecule has 1 heterocycles. The molecule has 0 radical (unpaired) electrons. The van der Waals surface area contributed by atoms with Crippen molar-refractivity contribution < 1.29 is 13.5 Å². The van der Waals surface area contributed by atoms with Crippen LogP contribution in [0.4, 0.5) is 0 Å². The third-order valence-electron chi connectivity index (χ3n) is 2.49. The first-order valence-corrected chi connectivity index (χ1v) is 6.53. The second kappa shape index (κ2) is 3.92. The minimum atomic E-state index is -3.35. The van der Waals surface area contributed by atoms with Crippen molar-refractivity contribution in [1.82, 2.24) is 5.32 Å². The zero-order chi connectivity index (χ0) is 11.8. The topological polar surface area (TPSA) is 66.4 Å². The minimum Gasteiger partial charge on any atom is -0.508 e. The van der Waals surface area contributed by atoms with Gasteiger partial charge in [-0.25, -0.2) is 8.42 Å². The van der Waals surface area contributed by atoms with Crippen molar-refractivity contribution in [3.05, 3.63) is 28.7 Å². The molecule has 86 valence electrons. The number of phenols is 1. The lowest BCUT2D eigenvalue weighted by atomic mass is 10.2.